The molecule has 2 N–H and O–H groups in total. The van der Waals surface area contributed by atoms with Crippen LogP contribution in [0.25, 0.3) is 0 Å². The fourth-order valence-electron chi connectivity index (χ4n) is 1.38. The highest BCUT2D eigenvalue weighted by atomic mass is 79.9. The first kappa shape index (κ1) is 13.4. The molecule has 0 bridgehead atoms. The van der Waals surface area contributed by atoms with E-state index in [0.29, 0.717) is 16.1 Å². The number of aryl methyl sites for hydroxylation is 2. The van der Waals surface area contributed by atoms with Gasteiger partial charge in [-0.05, 0) is 48.0 Å². The molecule has 0 amide bonds. The number of carbonyl (C=O) groups is 1. The summed E-state index contributed by atoms with van der Waals surface area (Å²) < 4.78 is 0.620. The monoisotopic (exact) mass is 322 g/mol. The van der Waals surface area contributed by atoms with Gasteiger partial charge in [-0.1, -0.05) is 0 Å². The Kier molecular flexibility index (Phi) is 3.75. The molecule has 0 saturated heterocycles. The Balaban J connectivity index is 2.28. The Morgan fingerprint density at radius 3 is 2.58 bits per heavy atom. The fraction of sp³-hybridized carbons (Fsp3) is 0.167. The third kappa shape index (κ3) is 3.05. The van der Waals surface area contributed by atoms with Crippen molar-refractivity contribution in [3.63, 3.8) is 0 Å². The second kappa shape index (κ2) is 5.31. The first-order chi connectivity index (χ1) is 8.97. The number of nitrogens with zero attached hydrogens (tertiary/aromatic N) is 3. The predicted molar refractivity (Wildman–Crippen MR) is 73.7 cm³/mol. The van der Waals surface area contributed by atoms with Crippen molar-refractivity contribution in [2.75, 3.05) is 5.32 Å². The lowest BCUT2D eigenvalue weighted by Gasteiger charge is -2.08. The number of rotatable bonds is 3. The molecule has 1 heterocycles. The summed E-state index contributed by atoms with van der Waals surface area (Å²) in [5.74, 6) is -0.608. The summed E-state index contributed by atoms with van der Waals surface area (Å²) >= 11 is 3.30. The van der Waals surface area contributed by atoms with Gasteiger partial charge in [0.05, 0.1) is 22.6 Å². The molecule has 0 atom stereocenters. The second-order valence-corrected chi connectivity index (χ2v) is 4.79. The maximum Gasteiger partial charge on any atom is 0.335 e. The van der Waals surface area contributed by atoms with Gasteiger partial charge in [0.2, 0.25) is 5.95 Å². The molecule has 0 fully saturated rings. The van der Waals surface area contributed by atoms with Gasteiger partial charge in [0, 0.05) is 4.47 Å². The summed E-state index contributed by atoms with van der Waals surface area (Å²) in [4.78, 5) is 15.1. The Morgan fingerprint density at radius 2 is 2.00 bits per heavy atom. The van der Waals surface area contributed by atoms with Crippen LogP contribution in [0.2, 0.25) is 0 Å². The molecule has 0 aliphatic rings. The van der Waals surface area contributed by atoms with E-state index in [0.717, 1.165) is 11.4 Å². The molecule has 0 radical (unpaired) electrons. The molecular weight excluding hydrogens is 312 g/mol. The third-order valence-electron chi connectivity index (χ3n) is 2.55. The Labute approximate surface area is 118 Å². The van der Waals surface area contributed by atoms with Gasteiger partial charge in [0.15, 0.2) is 0 Å². The van der Waals surface area contributed by atoms with E-state index in [9.17, 15) is 4.79 Å². The molecule has 98 valence electrons. The van der Waals surface area contributed by atoms with Crippen molar-refractivity contribution in [1.82, 2.24) is 15.2 Å². The molecule has 0 spiro atoms. The molecule has 0 saturated carbocycles. The van der Waals surface area contributed by atoms with Gasteiger partial charge < -0.3 is 10.4 Å². The summed E-state index contributed by atoms with van der Waals surface area (Å²) in [6, 6.07) is 4.66. The van der Waals surface area contributed by atoms with E-state index in [1.807, 2.05) is 13.8 Å². The number of aromatic nitrogens is 3. The smallest absolute Gasteiger partial charge is 0.335 e. The van der Waals surface area contributed by atoms with Crippen LogP contribution in [-0.2, 0) is 0 Å². The topological polar surface area (TPSA) is 88.0 Å². The number of hydrogen-bond donors (Lipinski definition) is 2. The minimum Gasteiger partial charge on any atom is -0.478 e. The van der Waals surface area contributed by atoms with Gasteiger partial charge in [-0.25, -0.2) is 9.78 Å². The maximum atomic E-state index is 10.8. The molecule has 19 heavy (non-hydrogen) atoms. The van der Waals surface area contributed by atoms with Crippen LogP contribution in [0.4, 0.5) is 11.6 Å². The average molecular weight is 323 g/mol. The van der Waals surface area contributed by atoms with E-state index in [-0.39, 0.29) is 5.56 Å². The summed E-state index contributed by atoms with van der Waals surface area (Å²) in [5.41, 5.74) is 2.44. The van der Waals surface area contributed by atoms with Crippen molar-refractivity contribution in [2.24, 2.45) is 0 Å². The summed E-state index contributed by atoms with van der Waals surface area (Å²) in [6.45, 7) is 3.68. The second-order valence-electron chi connectivity index (χ2n) is 3.93. The van der Waals surface area contributed by atoms with Gasteiger partial charge in [0.25, 0.3) is 0 Å². The van der Waals surface area contributed by atoms with Gasteiger partial charge in [-0.2, -0.15) is 5.10 Å². The Hall–Kier alpha value is -2.02. The van der Waals surface area contributed by atoms with Crippen molar-refractivity contribution in [1.29, 1.82) is 0 Å². The van der Waals surface area contributed by atoms with Crippen LogP contribution in [0, 0.1) is 13.8 Å². The highest BCUT2D eigenvalue weighted by Crippen LogP contribution is 2.25. The van der Waals surface area contributed by atoms with Crippen LogP contribution in [0.15, 0.2) is 22.7 Å². The van der Waals surface area contributed by atoms with Gasteiger partial charge in [0.1, 0.15) is 0 Å². The molecule has 2 aromatic rings. The molecule has 2 rings (SSSR count). The van der Waals surface area contributed by atoms with E-state index in [4.69, 9.17) is 5.11 Å². The zero-order valence-corrected chi connectivity index (χ0v) is 11.9. The van der Waals surface area contributed by atoms with E-state index in [1.165, 1.54) is 12.1 Å². The van der Waals surface area contributed by atoms with Crippen molar-refractivity contribution >= 4 is 33.5 Å². The molecule has 1 aromatic heterocycles. The number of benzene rings is 1. The first-order valence-electron chi connectivity index (χ1n) is 5.45. The van der Waals surface area contributed by atoms with Gasteiger partial charge in [-0.15, -0.1) is 5.10 Å². The largest absolute Gasteiger partial charge is 0.478 e. The number of halogens is 1. The van der Waals surface area contributed by atoms with Crippen molar-refractivity contribution in [3.05, 3.63) is 39.6 Å². The maximum absolute atomic E-state index is 10.8. The van der Waals surface area contributed by atoms with Crippen molar-refractivity contribution in [3.8, 4) is 0 Å². The lowest BCUT2D eigenvalue weighted by atomic mass is 10.2. The lowest BCUT2D eigenvalue weighted by Crippen LogP contribution is -2.04. The highest BCUT2D eigenvalue weighted by molar-refractivity contribution is 9.10. The van der Waals surface area contributed by atoms with Crippen molar-refractivity contribution in [2.45, 2.75) is 13.8 Å². The fourth-order valence-corrected chi connectivity index (χ4v) is 1.86. The van der Waals surface area contributed by atoms with E-state index in [2.05, 4.69) is 36.4 Å². The first-order valence-corrected chi connectivity index (χ1v) is 6.24. The molecule has 0 aliphatic carbocycles. The third-order valence-corrected chi connectivity index (χ3v) is 3.21. The zero-order chi connectivity index (χ0) is 14.0. The number of aromatic carboxylic acids is 1. The Bertz CT molecular complexity index is 646. The van der Waals surface area contributed by atoms with E-state index >= 15 is 0 Å². The molecule has 0 aliphatic heterocycles. The molecule has 7 heteroatoms. The molecule has 0 unspecified atom stereocenters. The molecular formula is C12H11BrN4O2. The molecule has 1 aromatic carbocycles. The van der Waals surface area contributed by atoms with Crippen LogP contribution < -0.4 is 5.32 Å². The number of nitrogens with one attached hydrogen (secondary N) is 1. The number of carboxylic acid groups (broad SMARTS) is 1. The van der Waals surface area contributed by atoms with E-state index < -0.39 is 5.97 Å². The molecule has 6 nitrogen and oxygen atoms in total. The normalized spacial score (nSPS) is 10.3. The number of carboxylic acids is 1. The van der Waals surface area contributed by atoms with Crippen LogP contribution in [0.3, 0.4) is 0 Å². The summed E-state index contributed by atoms with van der Waals surface area (Å²) in [7, 11) is 0. The van der Waals surface area contributed by atoms with Crippen LogP contribution in [0.1, 0.15) is 21.7 Å². The van der Waals surface area contributed by atoms with Crippen molar-refractivity contribution < 1.29 is 9.90 Å². The predicted octanol–water partition coefficient (Wildman–Crippen LogP) is 2.69. The standard InChI is InChI=1S/C12H11BrN4O2/c1-6-7(2)16-17-12(14-6)15-10-4-3-8(11(18)19)5-9(10)13/h3-5H,1-2H3,(H,18,19)(H,14,15,17). The van der Waals surface area contributed by atoms with Gasteiger partial charge in [-0.3, -0.25) is 0 Å². The van der Waals surface area contributed by atoms with E-state index in [1.54, 1.807) is 6.07 Å². The van der Waals surface area contributed by atoms with Gasteiger partial charge >= 0.3 is 5.97 Å². The number of hydrogen-bond acceptors (Lipinski definition) is 5. The average Bonchev–Trinajstić information content (AvgIpc) is 2.36. The summed E-state index contributed by atoms with van der Waals surface area (Å²) in [6.07, 6.45) is 0. The highest BCUT2D eigenvalue weighted by Gasteiger charge is 2.08. The number of anilines is 2. The minimum atomic E-state index is -0.976. The Morgan fingerprint density at radius 1 is 1.26 bits per heavy atom. The van der Waals surface area contributed by atoms with Crippen LogP contribution >= 0.6 is 15.9 Å². The van der Waals surface area contributed by atoms with Crippen LogP contribution in [0.5, 0.6) is 0 Å². The van der Waals surface area contributed by atoms with Crippen LogP contribution in [-0.4, -0.2) is 26.3 Å². The quantitative estimate of drug-likeness (QED) is 0.903. The minimum absolute atomic E-state index is 0.205. The lowest BCUT2D eigenvalue weighted by molar-refractivity contribution is 0.0697. The summed E-state index contributed by atoms with van der Waals surface area (Å²) in [5, 5.41) is 19.8. The zero-order valence-electron chi connectivity index (χ0n) is 10.3. The SMILES string of the molecule is Cc1nnc(Nc2ccc(C(=O)O)cc2Br)nc1C.